The summed E-state index contributed by atoms with van der Waals surface area (Å²) < 4.78 is 4.61. The molecule has 0 atom stereocenters. The monoisotopic (exact) mass is 604 g/mol. The third-order valence-corrected chi connectivity index (χ3v) is 5.84. The molecule has 0 aliphatic heterocycles. The van der Waals surface area contributed by atoms with Crippen LogP contribution in [-0.2, 0) is 32.3 Å². The molecule has 0 aliphatic rings. The van der Waals surface area contributed by atoms with E-state index in [0.29, 0.717) is 23.1 Å². The number of carbonyl (C=O) groups is 6. The van der Waals surface area contributed by atoms with Gasteiger partial charge in [0.2, 0.25) is 5.91 Å². The minimum Gasteiger partial charge on any atom is -0.0369 e. The number of aryl methyl sites for hydroxylation is 2. The first-order valence-electron chi connectivity index (χ1n) is 12.1. The van der Waals surface area contributed by atoms with Crippen LogP contribution in [0.1, 0.15) is 40.9 Å². The van der Waals surface area contributed by atoms with Crippen LogP contribution in [0.5, 0.6) is 0 Å². The van der Waals surface area contributed by atoms with Gasteiger partial charge in [0.1, 0.15) is 0 Å². The molecule has 0 bridgehead atoms. The molecule has 212 valence electrons. The number of carbonyl (C=O) groups excluding carboxylic acids is 6. The first-order chi connectivity index (χ1) is 18.4. The fourth-order valence-electron chi connectivity index (χ4n) is 3.72. The molecule has 0 aliphatic carbocycles. The smallest absolute Gasteiger partial charge is 0.0142 e. The molecule has 0 heterocycles. The van der Waals surface area contributed by atoms with Gasteiger partial charge in [0, 0.05) is 18.2 Å². The Labute approximate surface area is 237 Å². The molecular weight excluding hydrogens is 570 g/mol. The SMILES string of the molecule is CC(=O)Nc1c(C)cc(C)c(C(=O)NCCNC(=O)CN(CCNCC(=O)[O][Ga])N(CC=O)OC(C)=O)c1C. The van der Waals surface area contributed by atoms with Gasteiger partial charge in [0.05, 0.1) is 0 Å². The molecule has 1 aromatic carbocycles. The molecule has 0 saturated carbocycles. The second-order valence-electron chi connectivity index (χ2n) is 8.51. The van der Waals surface area contributed by atoms with Crippen LogP contribution in [0.4, 0.5) is 5.69 Å². The van der Waals surface area contributed by atoms with Crippen molar-refractivity contribution in [3.8, 4) is 0 Å². The van der Waals surface area contributed by atoms with Crippen LogP contribution in [0, 0.1) is 20.8 Å². The Morgan fingerprint density at radius 2 is 1.67 bits per heavy atom. The topological polar surface area (TPSA) is 175 Å². The van der Waals surface area contributed by atoms with Gasteiger partial charge < -0.3 is 10.6 Å². The predicted octanol–water partition coefficient (Wildman–Crippen LogP) is -1.17. The number of anilines is 1. The zero-order valence-electron chi connectivity index (χ0n) is 22.8. The normalized spacial score (nSPS) is 10.6. The Kier molecular flexibility index (Phi) is 15.0. The minimum atomic E-state index is -0.682. The minimum absolute atomic E-state index is 0.0501. The number of hydroxylamine groups is 1. The van der Waals surface area contributed by atoms with Gasteiger partial charge in [-0.3, -0.25) is 9.59 Å². The summed E-state index contributed by atoms with van der Waals surface area (Å²) in [6.45, 7) is 7.90. The van der Waals surface area contributed by atoms with Crippen LogP contribution in [0.15, 0.2) is 6.07 Å². The summed E-state index contributed by atoms with van der Waals surface area (Å²) in [5.74, 6) is -2.18. The largest absolute Gasteiger partial charge is 0.0369 e. The number of rotatable bonds is 16. The predicted molar refractivity (Wildman–Crippen MR) is 141 cm³/mol. The molecule has 1 aromatic rings. The number of amides is 3. The Morgan fingerprint density at radius 3 is 2.26 bits per heavy atom. The van der Waals surface area contributed by atoms with Crippen LogP contribution in [0.25, 0.3) is 0 Å². The summed E-state index contributed by atoms with van der Waals surface area (Å²) in [5.41, 5.74) is 3.25. The van der Waals surface area contributed by atoms with Gasteiger partial charge >= 0.3 is 144 Å². The van der Waals surface area contributed by atoms with Crippen LogP contribution in [0.3, 0.4) is 0 Å². The summed E-state index contributed by atoms with van der Waals surface area (Å²) in [6, 6.07) is 1.82. The first kappa shape index (κ1) is 33.8. The Balaban J connectivity index is 2.75. The molecule has 0 spiro atoms. The maximum absolute atomic E-state index is 12.9. The van der Waals surface area contributed by atoms with E-state index in [0.717, 1.165) is 42.2 Å². The van der Waals surface area contributed by atoms with Crippen molar-refractivity contribution in [3.63, 3.8) is 0 Å². The summed E-state index contributed by atoms with van der Waals surface area (Å²) in [4.78, 5) is 75.9. The van der Waals surface area contributed by atoms with Gasteiger partial charge in [-0.05, 0) is 37.5 Å². The van der Waals surface area contributed by atoms with E-state index in [4.69, 9.17) is 4.84 Å². The number of hydrogen-bond donors (Lipinski definition) is 4. The van der Waals surface area contributed by atoms with E-state index >= 15 is 0 Å². The number of benzene rings is 1. The molecule has 0 fully saturated rings. The molecule has 3 amide bonds. The quantitative estimate of drug-likeness (QED) is 0.0774. The molecule has 0 unspecified atom stereocenters. The maximum atomic E-state index is 12.9. The van der Waals surface area contributed by atoms with Gasteiger partial charge in [-0.1, -0.05) is 6.07 Å². The first-order valence-corrected chi connectivity index (χ1v) is 13.1. The van der Waals surface area contributed by atoms with E-state index < -0.39 is 17.8 Å². The Bertz CT molecular complexity index is 1070. The van der Waals surface area contributed by atoms with Crippen molar-refractivity contribution in [1.82, 2.24) is 26.1 Å². The number of hydrazine groups is 1. The maximum Gasteiger partial charge on any atom is -0.0142 e. The van der Waals surface area contributed by atoms with Crippen LogP contribution >= 0.6 is 0 Å². The van der Waals surface area contributed by atoms with Gasteiger partial charge in [-0.15, -0.1) is 0 Å². The summed E-state index contributed by atoms with van der Waals surface area (Å²) in [5, 5.41) is 13.3. The van der Waals surface area contributed by atoms with Crippen molar-refractivity contribution in [2.45, 2.75) is 34.6 Å². The van der Waals surface area contributed by atoms with Crippen LogP contribution in [-0.4, -0.2) is 111 Å². The van der Waals surface area contributed by atoms with Crippen molar-refractivity contribution < 1.29 is 37.1 Å². The molecule has 15 heteroatoms. The van der Waals surface area contributed by atoms with Crippen molar-refractivity contribution >= 4 is 60.6 Å². The molecule has 0 aromatic heterocycles. The van der Waals surface area contributed by atoms with E-state index in [2.05, 4.69) is 24.8 Å². The van der Waals surface area contributed by atoms with Gasteiger partial charge in [-0.2, -0.15) is 0 Å². The molecule has 0 saturated heterocycles. The molecule has 2 radical (unpaired) electrons. The number of hydrogen-bond acceptors (Lipinski definition) is 11. The Hall–Kier alpha value is -3.24. The third kappa shape index (κ3) is 12.0. The van der Waals surface area contributed by atoms with Crippen molar-refractivity contribution in [3.05, 3.63) is 28.3 Å². The standard InChI is InChI=1S/C24H36N6O8.Ga/c1-15-12-16(2)23(28-18(4)32)17(3)22(15)24(37)27-7-6-26-20(34)14-29(9-8-25-13-21(35)36)30(10-11-31)38-19(5)33;/h11-12,25H,6-10,13-14H2,1-5H3,(H,26,34)(H,27,37)(H,28,32)(H,35,36);/q;+1/p-1. The number of aldehydes is 1. The van der Waals surface area contributed by atoms with Crippen LogP contribution in [0.2, 0.25) is 0 Å². The van der Waals surface area contributed by atoms with Crippen molar-refractivity contribution in [2.75, 3.05) is 51.1 Å². The van der Waals surface area contributed by atoms with Gasteiger partial charge in [0.15, 0.2) is 0 Å². The van der Waals surface area contributed by atoms with E-state index in [-0.39, 0.29) is 57.6 Å². The fraction of sp³-hybridized carbons (Fsp3) is 0.500. The fourth-order valence-corrected chi connectivity index (χ4v) is 3.90. The number of nitrogens with zero attached hydrogens (tertiary/aromatic N) is 2. The van der Waals surface area contributed by atoms with Crippen molar-refractivity contribution in [2.24, 2.45) is 0 Å². The third-order valence-electron chi connectivity index (χ3n) is 5.29. The number of nitrogens with one attached hydrogen (secondary N) is 4. The summed E-state index contributed by atoms with van der Waals surface area (Å²) >= 11 is 0.811. The van der Waals surface area contributed by atoms with E-state index in [9.17, 15) is 28.8 Å². The second kappa shape index (κ2) is 17.4. The molecule has 39 heavy (non-hydrogen) atoms. The van der Waals surface area contributed by atoms with Crippen molar-refractivity contribution in [1.29, 1.82) is 0 Å². The van der Waals surface area contributed by atoms with E-state index in [1.807, 2.05) is 13.0 Å². The van der Waals surface area contributed by atoms with Gasteiger partial charge in [-0.25, -0.2) is 0 Å². The zero-order valence-corrected chi connectivity index (χ0v) is 25.3. The molecule has 4 N–H and O–H groups in total. The second-order valence-corrected chi connectivity index (χ2v) is 9.01. The van der Waals surface area contributed by atoms with Crippen LogP contribution < -0.4 is 21.3 Å². The van der Waals surface area contributed by atoms with E-state index in [1.165, 1.54) is 11.9 Å². The summed E-state index contributed by atoms with van der Waals surface area (Å²) in [7, 11) is 0. The Morgan fingerprint density at radius 1 is 1.00 bits per heavy atom. The molecular formula is C24H35GaN6O8. The average Bonchev–Trinajstić information content (AvgIpc) is 2.85. The van der Waals surface area contributed by atoms with Gasteiger partial charge in [0.25, 0.3) is 5.91 Å². The zero-order chi connectivity index (χ0) is 29.5. The molecule has 14 nitrogen and oxygen atoms in total. The van der Waals surface area contributed by atoms with E-state index in [1.54, 1.807) is 13.8 Å². The summed E-state index contributed by atoms with van der Waals surface area (Å²) in [6.07, 6.45) is 0.514. The molecule has 1 rings (SSSR count). The average molecular weight is 605 g/mol.